The molecule has 8 atom stereocenters. The van der Waals surface area contributed by atoms with Crippen molar-refractivity contribution in [1.82, 2.24) is 10.2 Å². The Bertz CT molecular complexity index is 1010. The van der Waals surface area contributed by atoms with Gasteiger partial charge in [-0.15, -0.1) is 0 Å². The van der Waals surface area contributed by atoms with E-state index in [1.54, 1.807) is 0 Å². The predicted octanol–water partition coefficient (Wildman–Crippen LogP) is 6.32. The van der Waals surface area contributed by atoms with Crippen molar-refractivity contribution in [3.8, 4) is 5.75 Å². The number of fused-ring (bicyclic) bond motifs is 5. The zero-order chi connectivity index (χ0) is 26.4. The summed E-state index contributed by atoms with van der Waals surface area (Å²) in [6.45, 7) is 10.6. The molecule has 37 heavy (non-hydrogen) atoms. The van der Waals surface area contributed by atoms with Crippen LogP contribution in [0.3, 0.4) is 0 Å². The molecule has 4 fully saturated rings. The van der Waals surface area contributed by atoms with Crippen LogP contribution >= 0.6 is 0 Å². The van der Waals surface area contributed by atoms with E-state index in [9.17, 15) is 9.59 Å². The fraction of sp³-hybridized carbons (Fsp3) is 0.742. The van der Waals surface area contributed by atoms with Crippen molar-refractivity contribution >= 4 is 17.6 Å². The minimum atomic E-state index is -0.162. The van der Waals surface area contributed by atoms with Crippen LogP contribution in [0.5, 0.6) is 5.75 Å². The second-order valence-electron chi connectivity index (χ2n) is 13.0. The summed E-state index contributed by atoms with van der Waals surface area (Å²) in [6.07, 6.45) is 9.37. The van der Waals surface area contributed by atoms with Crippen molar-refractivity contribution in [3.05, 3.63) is 24.3 Å². The van der Waals surface area contributed by atoms with E-state index in [4.69, 9.17) is 4.74 Å². The summed E-state index contributed by atoms with van der Waals surface area (Å²) in [5, 5.41) is 6.13. The number of nitrogens with zero attached hydrogens (tertiary/aromatic N) is 1. The van der Waals surface area contributed by atoms with Gasteiger partial charge < -0.3 is 20.3 Å². The van der Waals surface area contributed by atoms with Gasteiger partial charge in [0.1, 0.15) is 5.75 Å². The van der Waals surface area contributed by atoms with Crippen molar-refractivity contribution in [2.24, 2.45) is 40.4 Å². The Balaban J connectivity index is 1.22. The third-order valence-corrected chi connectivity index (χ3v) is 11.3. The molecule has 3 amide bonds. The van der Waals surface area contributed by atoms with Gasteiger partial charge >= 0.3 is 6.03 Å². The van der Waals surface area contributed by atoms with E-state index >= 15 is 0 Å². The fourth-order valence-electron chi connectivity index (χ4n) is 9.54. The van der Waals surface area contributed by atoms with Gasteiger partial charge in [-0.25, -0.2) is 4.79 Å². The highest BCUT2D eigenvalue weighted by atomic mass is 16.5. The lowest BCUT2D eigenvalue weighted by Gasteiger charge is -2.62. The number of carbonyl (C=O) groups excluding carboxylic acids is 2. The number of urea groups is 1. The summed E-state index contributed by atoms with van der Waals surface area (Å²) in [5.41, 5.74) is 1.33. The molecule has 0 spiro atoms. The molecule has 3 aliphatic carbocycles. The highest BCUT2D eigenvalue weighted by Gasteiger charge is 2.61. The molecule has 1 aromatic rings. The van der Waals surface area contributed by atoms with Crippen molar-refractivity contribution in [3.63, 3.8) is 0 Å². The Morgan fingerprint density at radius 1 is 1.08 bits per heavy atom. The highest BCUT2D eigenvalue weighted by molar-refractivity contribution is 5.90. The molecule has 0 radical (unpaired) electrons. The number of amides is 3. The van der Waals surface area contributed by atoms with Crippen LogP contribution in [-0.2, 0) is 4.79 Å². The van der Waals surface area contributed by atoms with E-state index in [2.05, 4.69) is 36.3 Å². The number of carbonyl (C=O) groups is 2. The Morgan fingerprint density at radius 3 is 2.62 bits per heavy atom. The van der Waals surface area contributed by atoms with Crippen LogP contribution < -0.4 is 15.4 Å². The van der Waals surface area contributed by atoms with E-state index in [1.807, 2.05) is 38.2 Å². The minimum absolute atomic E-state index is 0.162. The van der Waals surface area contributed by atoms with Crippen LogP contribution in [-0.4, -0.2) is 43.1 Å². The quantitative estimate of drug-likeness (QED) is 0.471. The van der Waals surface area contributed by atoms with E-state index in [-0.39, 0.29) is 11.4 Å². The molecule has 2 N–H and O–H groups in total. The number of likely N-dealkylation sites (tertiary alicyclic amines) is 1. The van der Waals surface area contributed by atoms with Gasteiger partial charge in [-0.2, -0.15) is 0 Å². The predicted molar refractivity (Wildman–Crippen MR) is 147 cm³/mol. The van der Waals surface area contributed by atoms with Crippen LogP contribution in [0.2, 0.25) is 0 Å². The SMILES string of the molecule is CCOc1ccccc1NC(=O)NCC(C)[C@H]1CC[C@H]2[C@@H]3CC[C@H]4N(C)C(=O)CC[C@]4(C)[C@H]3CC[C@]12C. The minimum Gasteiger partial charge on any atom is -0.492 e. The lowest BCUT2D eigenvalue weighted by atomic mass is 9.46. The van der Waals surface area contributed by atoms with Crippen LogP contribution in [0.15, 0.2) is 24.3 Å². The number of piperidine rings is 1. The Kier molecular flexibility index (Phi) is 7.23. The molecule has 1 aromatic carbocycles. The van der Waals surface area contributed by atoms with E-state index < -0.39 is 0 Å². The number of benzene rings is 1. The topological polar surface area (TPSA) is 70.7 Å². The molecule has 0 bridgehead atoms. The lowest BCUT2D eigenvalue weighted by molar-refractivity contribution is -0.158. The van der Waals surface area contributed by atoms with Crippen LogP contribution in [0.4, 0.5) is 10.5 Å². The molecule has 204 valence electrons. The summed E-state index contributed by atoms with van der Waals surface area (Å²) in [5.74, 6) is 4.40. The van der Waals surface area contributed by atoms with E-state index in [0.717, 1.165) is 37.0 Å². The second kappa shape index (κ2) is 10.1. The number of hydrogen-bond acceptors (Lipinski definition) is 3. The molecular weight excluding hydrogens is 462 g/mol. The maximum atomic E-state index is 12.8. The van der Waals surface area contributed by atoms with Gasteiger partial charge in [0.25, 0.3) is 0 Å². The maximum Gasteiger partial charge on any atom is 0.319 e. The van der Waals surface area contributed by atoms with Gasteiger partial charge in [0.2, 0.25) is 5.91 Å². The molecule has 1 heterocycles. The average molecular weight is 510 g/mol. The van der Waals surface area contributed by atoms with Crippen molar-refractivity contribution < 1.29 is 14.3 Å². The largest absolute Gasteiger partial charge is 0.492 e. The summed E-state index contributed by atoms with van der Waals surface area (Å²) >= 11 is 0. The van der Waals surface area contributed by atoms with Gasteiger partial charge in [-0.05, 0) is 104 Å². The molecular formula is C31H47N3O3. The van der Waals surface area contributed by atoms with Crippen LogP contribution in [0.25, 0.3) is 0 Å². The molecule has 1 saturated heterocycles. The van der Waals surface area contributed by atoms with Gasteiger partial charge in [0, 0.05) is 26.1 Å². The smallest absolute Gasteiger partial charge is 0.319 e. The van der Waals surface area contributed by atoms with Crippen molar-refractivity contribution in [2.75, 3.05) is 25.5 Å². The molecule has 0 aromatic heterocycles. The molecule has 1 unspecified atom stereocenters. The summed E-state index contributed by atoms with van der Waals surface area (Å²) < 4.78 is 5.65. The summed E-state index contributed by atoms with van der Waals surface area (Å²) in [7, 11) is 2.05. The standard InChI is InChI=1S/C31H47N3O3/c1-6-37-26-10-8-7-9-25(26)33-29(36)32-19-20(2)22-12-13-23-21-11-14-27-31(4,18-16-28(35)34(27)5)24(21)15-17-30(22,23)3/h7-10,20-24,27H,6,11-19H2,1-5H3,(H2,32,33,36)/t20?,21-,22+,23-,24-,27+,30+,31+/m0/s1. The fourth-order valence-corrected chi connectivity index (χ4v) is 9.54. The second-order valence-corrected chi connectivity index (χ2v) is 13.0. The zero-order valence-corrected chi connectivity index (χ0v) is 23.5. The normalized spacial score (nSPS) is 37.7. The highest BCUT2D eigenvalue weighted by Crippen LogP contribution is 2.67. The number of para-hydroxylation sites is 2. The summed E-state index contributed by atoms with van der Waals surface area (Å²) in [6, 6.07) is 7.85. The summed E-state index contributed by atoms with van der Waals surface area (Å²) in [4.78, 5) is 27.3. The molecule has 5 rings (SSSR count). The zero-order valence-electron chi connectivity index (χ0n) is 23.5. The third-order valence-electron chi connectivity index (χ3n) is 11.3. The monoisotopic (exact) mass is 509 g/mol. The van der Waals surface area contributed by atoms with Crippen molar-refractivity contribution in [1.29, 1.82) is 0 Å². The molecule has 6 nitrogen and oxygen atoms in total. The van der Waals surface area contributed by atoms with Crippen molar-refractivity contribution in [2.45, 2.75) is 85.1 Å². The first-order valence-electron chi connectivity index (χ1n) is 14.7. The van der Waals surface area contributed by atoms with E-state index in [0.29, 0.717) is 53.8 Å². The van der Waals surface area contributed by atoms with Crippen LogP contribution in [0.1, 0.15) is 79.1 Å². The lowest BCUT2D eigenvalue weighted by Crippen LogP contribution is -2.61. The number of ether oxygens (including phenoxy) is 1. The van der Waals surface area contributed by atoms with Gasteiger partial charge in [0.05, 0.1) is 12.3 Å². The van der Waals surface area contributed by atoms with Gasteiger partial charge in [-0.1, -0.05) is 32.9 Å². The van der Waals surface area contributed by atoms with E-state index in [1.165, 1.54) is 32.1 Å². The van der Waals surface area contributed by atoms with Crippen LogP contribution in [0, 0.1) is 40.4 Å². The number of anilines is 1. The Hall–Kier alpha value is -2.24. The van der Waals surface area contributed by atoms with Gasteiger partial charge in [-0.3, -0.25) is 4.79 Å². The first-order valence-corrected chi connectivity index (χ1v) is 14.7. The molecule has 3 saturated carbocycles. The van der Waals surface area contributed by atoms with Gasteiger partial charge in [0.15, 0.2) is 0 Å². The number of nitrogens with one attached hydrogen (secondary N) is 2. The first-order chi connectivity index (χ1) is 17.7. The molecule has 4 aliphatic rings. The molecule has 6 heteroatoms. The maximum absolute atomic E-state index is 12.8. The Morgan fingerprint density at radius 2 is 1.84 bits per heavy atom. The third kappa shape index (κ3) is 4.52. The molecule has 1 aliphatic heterocycles. The Labute approximate surface area is 223 Å². The number of hydrogen-bond donors (Lipinski definition) is 2. The average Bonchev–Trinajstić information content (AvgIpc) is 3.24. The number of rotatable bonds is 6. The first kappa shape index (κ1) is 26.4.